The molecule has 4 rings (SSSR count). The number of nitrogens with one attached hydrogen (secondary N) is 4. The van der Waals surface area contributed by atoms with Crippen LogP contribution in [-0.2, 0) is 28.3 Å². The number of benzene rings is 3. The van der Waals surface area contributed by atoms with Gasteiger partial charge in [-0.15, -0.1) is 0 Å². The lowest BCUT2D eigenvalue weighted by Gasteiger charge is -2.26. The van der Waals surface area contributed by atoms with E-state index >= 15 is 0 Å². The monoisotopic (exact) mass is 632 g/mol. The van der Waals surface area contributed by atoms with Crippen LogP contribution in [0.1, 0.15) is 33.1 Å². The van der Waals surface area contributed by atoms with Crippen molar-refractivity contribution >= 4 is 47.2 Å². The van der Waals surface area contributed by atoms with Gasteiger partial charge in [-0.2, -0.15) is 0 Å². The average Bonchev–Trinajstić information content (AvgIpc) is 3.57. The molecule has 3 aromatic rings. The van der Waals surface area contributed by atoms with Crippen molar-refractivity contribution in [3.05, 3.63) is 91.0 Å². The summed E-state index contributed by atoms with van der Waals surface area (Å²) in [5.41, 5.74) is 0.446. The lowest BCUT2D eigenvalue weighted by molar-refractivity contribution is -0.138. The molecule has 10 nitrogen and oxygen atoms in total. The molecule has 0 spiro atoms. The Bertz CT molecular complexity index is 1440. The number of para-hydroxylation sites is 1. The third-order valence-electron chi connectivity index (χ3n) is 7.58. The fourth-order valence-corrected chi connectivity index (χ4v) is 7.26. The predicted molar refractivity (Wildman–Crippen MR) is 175 cm³/mol. The van der Waals surface area contributed by atoms with Crippen LogP contribution >= 0.6 is 7.37 Å². The number of carbonyl (C=O) groups is 4. The number of hydrogen-bond donors (Lipinski definition) is 4. The van der Waals surface area contributed by atoms with Crippen molar-refractivity contribution in [2.24, 2.45) is 11.8 Å². The second-order valence-electron chi connectivity index (χ2n) is 11.6. The SMILES string of the molecule is CC(C)C[C@H](NC(=O)C(=O)Nc1ccccc1)C(=O)N[C@@H](C[C@@H]1CCNC1)C(=O)COP(=O)(c1ccccc1)c1ccccc1. The second kappa shape index (κ2) is 16.3. The first-order chi connectivity index (χ1) is 21.7. The van der Waals surface area contributed by atoms with Gasteiger partial charge in [-0.1, -0.05) is 68.4 Å². The Kier molecular flexibility index (Phi) is 12.2. The van der Waals surface area contributed by atoms with Crippen LogP contribution in [0.4, 0.5) is 5.69 Å². The van der Waals surface area contributed by atoms with Crippen LogP contribution in [0.15, 0.2) is 91.0 Å². The van der Waals surface area contributed by atoms with Gasteiger partial charge in [0.2, 0.25) is 5.91 Å². The smallest absolute Gasteiger partial charge is 0.313 e. The Labute approximate surface area is 264 Å². The number of Topliss-reactive ketones (excluding diaryl/α,β-unsaturated/α-hetero) is 1. The van der Waals surface area contributed by atoms with Gasteiger partial charge < -0.3 is 25.8 Å². The molecule has 1 heterocycles. The minimum atomic E-state index is -3.63. The van der Waals surface area contributed by atoms with Crippen molar-refractivity contribution in [2.75, 3.05) is 25.0 Å². The Balaban J connectivity index is 1.49. The zero-order valence-electron chi connectivity index (χ0n) is 25.6. The highest BCUT2D eigenvalue weighted by Gasteiger charge is 2.34. The molecule has 0 aliphatic carbocycles. The zero-order chi connectivity index (χ0) is 32.2. The molecule has 0 radical (unpaired) electrons. The molecule has 0 bridgehead atoms. The van der Waals surface area contributed by atoms with E-state index in [9.17, 15) is 23.7 Å². The molecular formula is C34H41N4O6P. The summed E-state index contributed by atoms with van der Waals surface area (Å²) in [6, 6.07) is 24.0. The van der Waals surface area contributed by atoms with Gasteiger partial charge in [0, 0.05) is 16.3 Å². The molecule has 1 aliphatic heterocycles. The van der Waals surface area contributed by atoms with Gasteiger partial charge in [-0.3, -0.25) is 23.7 Å². The van der Waals surface area contributed by atoms with Crippen LogP contribution < -0.4 is 31.9 Å². The van der Waals surface area contributed by atoms with Crippen LogP contribution in [0.2, 0.25) is 0 Å². The lowest BCUT2D eigenvalue weighted by Crippen LogP contribution is -2.54. The molecule has 1 saturated heterocycles. The van der Waals surface area contributed by atoms with Crippen LogP contribution in [0.25, 0.3) is 0 Å². The van der Waals surface area contributed by atoms with E-state index in [0.29, 0.717) is 29.3 Å². The number of rotatable bonds is 14. The van der Waals surface area contributed by atoms with E-state index in [1.165, 1.54) is 0 Å². The topological polar surface area (TPSA) is 143 Å². The molecule has 0 saturated carbocycles. The molecule has 3 aromatic carbocycles. The highest BCUT2D eigenvalue weighted by molar-refractivity contribution is 7.74. The highest BCUT2D eigenvalue weighted by Crippen LogP contribution is 2.44. The second-order valence-corrected chi connectivity index (χ2v) is 14.0. The summed E-state index contributed by atoms with van der Waals surface area (Å²) in [6.07, 6.45) is 1.42. The quantitative estimate of drug-likeness (QED) is 0.158. The van der Waals surface area contributed by atoms with E-state index in [0.717, 1.165) is 13.0 Å². The number of carbonyl (C=O) groups excluding carboxylic acids is 4. The highest BCUT2D eigenvalue weighted by atomic mass is 31.2. The summed E-state index contributed by atoms with van der Waals surface area (Å²) in [4.78, 5) is 52.7. The molecule has 3 amide bonds. The van der Waals surface area contributed by atoms with E-state index in [4.69, 9.17) is 4.52 Å². The summed E-state index contributed by atoms with van der Waals surface area (Å²) in [5.74, 6) is -2.75. The first-order valence-corrected chi connectivity index (χ1v) is 16.8. The molecule has 0 unspecified atom stereocenters. The van der Waals surface area contributed by atoms with E-state index < -0.39 is 49.6 Å². The average molecular weight is 633 g/mol. The maximum atomic E-state index is 14.3. The van der Waals surface area contributed by atoms with Crippen molar-refractivity contribution in [1.82, 2.24) is 16.0 Å². The van der Waals surface area contributed by atoms with Crippen molar-refractivity contribution < 1.29 is 28.3 Å². The Hall–Kier alpha value is -4.11. The third kappa shape index (κ3) is 9.69. The van der Waals surface area contributed by atoms with Gasteiger partial charge in [0.15, 0.2) is 5.78 Å². The summed E-state index contributed by atoms with van der Waals surface area (Å²) >= 11 is 0. The number of ketones is 1. The van der Waals surface area contributed by atoms with Gasteiger partial charge in [-0.05, 0) is 80.6 Å². The van der Waals surface area contributed by atoms with E-state index in [2.05, 4.69) is 21.3 Å². The zero-order valence-corrected chi connectivity index (χ0v) is 26.5. The van der Waals surface area contributed by atoms with E-state index in [1.807, 2.05) is 26.0 Å². The van der Waals surface area contributed by atoms with Gasteiger partial charge in [-0.25, -0.2) is 0 Å². The van der Waals surface area contributed by atoms with Gasteiger partial charge >= 0.3 is 11.8 Å². The summed E-state index contributed by atoms with van der Waals surface area (Å²) in [7, 11) is -3.63. The van der Waals surface area contributed by atoms with E-state index in [-0.39, 0.29) is 18.3 Å². The first-order valence-electron chi connectivity index (χ1n) is 15.2. The molecule has 1 aliphatic rings. The van der Waals surface area contributed by atoms with Crippen LogP contribution in [-0.4, -0.2) is 55.3 Å². The maximum absolute atomic E-state index is 14.3. The molecule has 11 heteroatoms. The maximum Gasteiger partial charge on any atom is 0.313 e. The minimum absolute atomic E-state index is 0.00243. The number of anilines is 1. The Morgan fingerprint density at radius 3 is 1.93 bits per heavy atom. The number of amides is 3. The minimum Gasteiger partial charge on any atom is -0.344 e. The van der Waals surface area contributed by atoms with Gasteiger partial charge in [0.05, 0.1) is 6.04 Å². The van der Waals surface area contributed by atoms with Crippen LogP contribution in [0.3, 0.4) is 0 Å². The summed E-state index contributed by atoms with van der Waals surface area (Å²) in [6.45, 7) is 4.78. The molecule has 45 heavy (non-hydrogen) atoms. The molecule has 1 fully saturated rings. The Morgan fingerprint density at radius 2 is 1.40 bits per heavy atom. The van der Waals surface area contributed by atoms with Crippen molar-refractivity contribution in [2.45, 2.75) is 45.2 Å². The lowest BCUT2D eigenvalue weighted by atomic mass is 9.95. The van der Waals surface area contributed by atoms with Gasteiger partial charge in [0.25, 0.3) is 7.37 Å². The molecule has 4 N–H and O–H groups in total. The number of hydrogen-bond acceptors (Lipinski definition) is 7. The van der Waals surface area contributed by atoms with Crippen LogP contribution in [0.5, 0.6) is 0 Å². The molecular weight excluding hydrogens is 591 g/mol. The fraction of sp³-hybridized carbons (Fsp3) is 0.353. The van der Waals surface area contributed by atoms with Crippen molar-refractivity contribution in [1.29, 1.82) is 0 Å². The van der Waals surface area contributed by atoms with E-state index in [1.54, 1.807) is 78.9 Å². The summed E-state index contributed by atoms with van der Waals surface area (Å²) < 4.78 is 20.3. The van der Waals surface area contributed by atoms with Crippen molar-refractivity contribution in [3.8, 4) is 0 Å². The Morgan fingerprint density at radius 1 is 0.822 bits per heavy atom. The summed E-state index contributed by atoms with van der Waals surface area (Å²) in [5, 5.41) is 12.1. The normalized spacial score (nSPS) is 16.0. The first kappa shape index (κ1) is 33.8. The predicted octanol–water partition coefficient (Wildman–Crippen LogP) is 3.16. The van der Waals surface area contributed by atoms with Gasteiger partial charge in [0.1, 0.15) is 12.6 Å². The van der Waals surface area contributed by atoms with Crippen LogP contribution in [0, 0.1) is 11.8 Å². The molecule has 0 aromatic heterocycles. The standard InChI is InChI=1S/C34H41N4O6P/c1-24(2)20-30(38-34(42)33(41)36-26-12-6-3-7-13-26)32(40)37-29(21-25-18-19-35-22-25)31(39)23-44-45(43,27-14-8-4-9-15-27)28-16-10-5-11-17-28/h3-17,24-25,29-30,35H,18-23H2,1-2H3,(H,36,41)(H,37,40)(H,38,42)/t25-,29-,30-/m0/s1. The van der Waals surface area contributed by atoms with Crippen molar-refractivity contribution in [3.63, 3.8) is 0 Å². The largest absolute Gasteiger partial charge is 0.344 e. The third-order valence-corrected chi connectivity index (χ3v) is 10.0. The fourth-order valence-electron chi connectivity index (χ4n) is 5.23. The molecule has 238 valence electrons. The molecule has 3 atom stereocenters.